The minimum Gasteiger partial charge on any atom is -0.390 e. The Balaban J connectivity index is 1.42. The molecule has 12 heteroatoms. The Hall–Kier alpha value is -2.96. The number of benzene rings is 3. The molecule has 44 heavy (non-hydrogen) atoms. The molecule has 0 heterocycles. The lowest BCUT2D eigenvalue weighted by Crippen LogP contribution is -2.48. The van der Waals surface area contributed by atoms with Gasteiger partial charge in [0.15, 0.2) is 0 Å². The highest BCUT2D eigenvalue weighted by Gasteiger charge is 2.30. The highest BCUT2D eigenvalue weighted by molar-refractivity contribution is 7.89. The van der Waals surface area contributed by atoms with Gasteiger partial charge in [-0.3, -0.25) is 4.79 Å². The first-order valence-electron chi connectivity index (χ1n) is 14.6. The molecule has 7 nitrogen and oxygen atoms in total. The lowest BCUT2D eigenvalue weighted by atomic mass is 9.83. The molecule has 1 aliphatic rings. The van der Waals surface area contributed by atoms with Crippen molar-refractivity contribution in [2.45, 2.75) is 74.8 Å². The van der Waals surface area contributed by atoms with Crippen LogP contribution in [0.25, 0.3) is 0 Å². The van der Waals surface area contributed by atoms with Crippen LogP contribution in [0, 0.1) is 5.92 Å². The first kappa shape index (κ1) is 33.9. The molecule has 0 aromatic heterocycles. The topological polar surface area (TPSA) is 108 Å². The third-order valence-electron chi connectivity index (χ3n) is 7.79. The van der Waals surface area contributed by atoms with Gasteiger partial charge in [0.2, 0.25) is 10.0 Å². The highest BCUT2D eigenvalue weighted by atomic mass is 35.5. The van der Waals surface area contributed by atoms with E-state index >= 15 is 0 Å². The molecular weight excluding hydrogens is 615 g/mol. The Kier molecular flexibility index (Phi) is 11.8. The molecule has 1 saturated carbocycles. The Morgan fingerprint density at radius 3 is 2.32 bits per heavy atom. The fourth-order valence-corrected chi connectivity index (χ4v) is 6.70. The molecule has 2 atom stereocenters. The third kappa shape index (κ3) is 10.0. The zero-order chi connectivity index (χ0) is 31.7. The van der Waals surface area contributed by atoms with Crippen LogP contribution >= 0.6 is 11.6 Å². The highest BCUT2D eigenvalue weighted by Crippen LogP contribution is 2.30. The Morgan fingerprint density at radius 2 is 1.61 bits per heavy atom. The molecule has 238 valence electrons. The first-order chi connectivity index (χ1) is 20.9. The van der Waals surface area contributed by atoms with Gasteiger partial charge in [0.05, 0.1) is 22.6 Å². The van der Waals surface area contributed by atoms with Crippen molar-refractivity contribution in [1.29, 1.82) is 0 Å². The molecule has 0 bridgehead atoms. The van der Waals surface area contributed by atoms with Gasteiger partial charge >= 0.3 is 6.18 Å². The lowest BCUT2D eigenvalue weighted by molar-refractivity contribution is -0.137. The van der Waals surface area contributed by atoms with Crippen molar-refractivity contribution in [3.05, 3.63) is 100 Å². The Morgan fingerprint density at radius 1 is 0.932 bits per heavy atom. The van der Waals surface area contributed by atoms with Crippen molar-refractivity contribution in [3.63, 3.8) is 0 Å². The lowest BCUT2D eigenvalue weighted by Gasteiger charge is -2.30. The first-order valence-corrected chi connectivity index (χ1v) is 16.5. The van der Waals surface area contributed by atoms with E-state index in [-0.39, 0.29) is 30.1 Å². The predicted molar refractivity (Wildman–Crippen MR) is 164 cm³/mol. The maximum absolute atomic E-state index is 13.3. The molecular formula is C32H37ClF3N3O4S. The van der Waals surface area contributed by atoms with Gasteiger partial charge in [0, 0.05) is 30.2 Å². The molecule has 0 aliphatic heterocycles. The minimum atomic E-state index is -4.45. The molecule has 0 unspecified atom stereocenters. The van der Waals surface area contributed by atoms with Crippen LogP contribution in [0.2, 0.25) is 5.02 Å². The molecule has 1 aliphatic carbocycles. The van der Waals surface area contributed by atoms with Gasteiger partial charge in [-0.2, -0.15) is 13.2 Å². The normalized spacial score (nSPS) is 15.9. The summed E-state index contributed by atoms with van der Waals surface area (Å²) in [7, 11) is -3.95. The van der Waals surface area contributed by atoms with E-state index in [2.05, 4.69) is 15.4 Å². The molecule has 1 amide bonds. The fourth-order valence-electron chi connectivity index (χ4n) is 5.42. The van der Waals surface area contributed by atoms with E-state index in [4.69, 9.17) is 11.6 Å². The van der Waals surface area contributed by atoms with Crippen LogP contribution in [0.5, 0.6) is 0 Å². The van der Waals surface area contributed by atoms with E-state index in [1.807, 2.05) is 0 Å². The summed E-state index contributed by atoms with van der Waals surface area (Å²) in [6, 6.07) is 16.8. The van der Waals surface area contributed by atoms with Gasteiger partial charge in [0.25, 0.3) is 5.91 Å². The van der Waals surface area contributed by atoms with Crippen LogP contribution in [0.15, 0.2) is 77.7 Å². The summed E-state index contributed by atoms with van der Waals surface area (Å²) < 4.78 is 67.7. The summed E-state index contributed by atoms with van der Waals surface area (Å²) >= 11 is 5.99. The number of halogens is 4. The summed E-state index contributed by atoms with van der Waals surface area (Å²) in [6.45, 7) is 0.158. The maximum Gasteiger partial charge on any atom is 0.416 e. The SMILES string of the molecule is O=C(N[C@@H](CC1CCCCC1)[C@@H](O)CNCc1cccc(C(F)(F)F)c1)c1cccc(S(=O)(=O)NCc2cccc(Cl)c2)c1. The van der Waals surface area contributed by atoms with Gasteiger partial charge in [-0.1, -0.05) is 80.1 Å². The molecule has 1 fully saturated rings. The maximum atomic E-state index is 13.3. The number of carbonyl (C=O) groups is 1. The van der Waals surface area contributed by atoms with Crippen LogP contribution in [-0.4, -0.2) is 38.1 Å². The Labute approximate surface area is 261 Å². The molecule has 3 aromatic carbocycles. The number of aliphatic hydroxyl groups excluding tert-OH is 1. The van der Waals surface area contributed by atoms with Crippen molar-refractivity contribution >= 4 is 27.5 Å². The number of amides is 1. The predicted octanol–water partition coefficient (Wildman–Crippen LogP) is 6.06. The standard InChI is InChI=1S/C32H37ClF3N3O4S/c33-27-13-5-10-24(16-27)20-38-44(42,43)28-14-6-11-25(18-28)31(41)39-29(17-22-7-2-1-3-8-22)30(40)21-37-19-23-9-4-12-26(15-23)32(34,35)36/h4-6,9-16,18,22,29-30,37-38,40H,1-3,7-8,17,19-21H2,(H,39,41)/t29-,30-/m0/s1. The molecule has 0 radical (unpaired) electrons. The molecule has 3 aromatic rings. The fraction of sp³-hybridized carbons (Fsp3) is 0.406. The van der Waals surface area contributed by atoms with Crippen molar-refractivity contribution in [2.24, 2.45) is 5.92 Å². The molecule has 0 spiro atoms. The number of carbonyl (C=O) groups excluding carboxylic acids is 1. The number of sulfonamides is 1. The van der Waals surface area contributed by atoms with E-state index in [1.54, 1.807) is 30.3 Å². The van der Waals surface area contributed by atoms with Crippen molar-refractivity contribution in [1.82, 2.24) is 15.4 Å². The van der Waals surface area contributed by atoms with E-state index in [9.17, 15) is 31.5 Å². The van der Waals surface area contributed by atoms with E-state index in [1.165, 1.54) is 30.3 Å². The second-order valence-corrected chi connectivity index (χ2v) is 13.4. The van der Waals surface area contributed by atoms with Crippen LogP contribution in [0.4, 0.5) is 13.2 Å². The average molecular weight is 652 g/mol. The van der Waals surface area contributed by atoms with Crippen molar-refractivity contribution in [3.8, 4) is 0 Å². The van der Waals surface area contributed by atoms with Gasteiger partial charge in [0.1, 0.15) is 0 Å². The zero-order valence-electron chi connectivity index (χ0n) is 24.1. The summed E-state index contributed by atoms with van der Waals surface area (Å²) in [4.78, 5) is 13.3. The van der Waals surface area contributed by atoms with Crippen LogP contribution in [0.1, 0.15) is 65.6 Å². The van der Waals surface area contributed by atoms with Crippen LogP contribution < -0.4 is 15.4 Å². The second kappa shape index (κ2) is 15.4. The number of nitrogens with one attached hydrogen (secondary N) is 3. The smallest absolute Gasteiger partial charge is 0.390 e. The Bertz CT molecular complexity index is 1510. The number of rotatable bonds is 13. The number of aliphatic hydroxyl groups is 1. The summed E-state index contributed by atoms with van der Waals surface area (Å²) in [5, 5.41) is 17.5. The average Bonchev–Trinajstić information content (AvgIpc) is 3.00. The molecule has 4 N–H and O–H groups in total. The van der Waals surface area contributed by atoms with Crippen molar-refractivity contribution < 1.29 is 31.5 Å². The summed E-state index contributed by atoms with van der Waals surface area (Å²) in [6.07, 6.45) is 0.268. The van der Waals surface area contributed by atoms with Gasteiger partial charge in [-0.25, -0.2) is 13.1 Å². The van der Waals surface area contributed by atoms with E-state index < -0.39 is 39.8 Å². The number of hydrogen-bond acceptors (Lipinski definition) is 5. The van der Waals surface area contributed by atoms with E-state index in [0.29, 0.717) is 28.5 Å². The van der Waals surface area contributed by atoms with Crippen molar-refractivity contribution in [2.75, 3.05) is 6.54 Å². The van der Waals surface area contributed by atoms with Crippen LogP contribution in [0.3, 0.4) is 0 Å². The number of alkyl halides is 3. The third-order valence-corrected chi connectivity index (χ3v) is 9.43. The molecule has 0 saturated heterocycles. The minimum absolute atomic E-state index is 0.0163. The summed E-state index contributed by atoms with van der Waals surface area (Å²) in [5.74, 6) is -0.232. The summed E-state index contributed by atoms with van der Waals surface area (Å²) in [5.41, 5.74) is 0.468. The van der Waals surface area contributed by atoms with Crippen LogP contribution in [-0.2, 0) is 29.3 Å². The quantitative estimate of drug-likeness (QED) is 0.180. The zero-order valence-corrected chi connectivity index (χ0v) is 25.7. The van der Waals surface area contributed by atoms with Gasteiger partial charge < -0.3 is 15.7 Å². The van der Waals surface area contributed by atoms with Gasteiger partial charge in [-0.05, 0) is 59.9 Å². The molecule has 4 rings (SSSR count). The van der Waals surface area contributed by atoms with Gasteiger partial charge in [-0.15, -0.1) is 0 Å². The second-order valence-electron chi connectivity index (χ2n) is 11.2. The number of hydrogen-bond donors (Lipinski definition) is 4. The monoisotopic (exact) mass is 651 g/mol. The largest absolute Gasteiger partial charge is 0.416 e. The van der Waals surface area contributed by atoms with E-state index in [0.717, 1.165) is 44.2 Å².